The van der Waals surface area contributed by atoms with E-state index >= 15 is 0 Å². The van der Waals surface area contributed by atoms with Gasteiger partial charge in [-0.1, -0.05) is 24.3 Å². The Morgan fingerprint density at radius 3 is 2.77 bits per heavy atom. The molecule has 2 unspecified atom stereocenters. The number of guanidine groups is 1. The molecule has 7 nitrogen and oxygen atoms in total. The van der Waals surface area contributed by atoms with Crippen LogP contribution in [0.5, 0.6) is 5.75 Å². The molecule has 3 rings (SSSR count). The van der Waals surface area contributed by atoms with Gasteiger partial charge >= 0.3 is 0 Å². The first-order chi connectivity index (χ1) is 15.0. The topological polar surface area (TPSA) is 83.7 Å². The van der Waals surface area contributed by atoms with Crippen molar-refractivity contribution in [3.05, 3.63) is 78.1 Å². The van der Waals surface area contributed by atoms with Crippen LogP contribution in [-0.2, 0) is 0 Å². The third-order valence-corrected chi connectivity index (χ3v) is 4.73. The first-order valence-corrected chi connectivity index (χ1v) is 10.6. The molecule has 3 aromatic rings. The Hall–Kier alpha value is -3.32. The van der Waals surface area contributed by atoms with Crippen LogP contribution in [0.4, 0.5) is 0 Å². The first-order valence-electron chi connectivity index (χ1n) is 10.6. The molecule has 0 aliphatic rings. The van der Waals surface area contributed by atoms with Crippen molar-refractivity contribution in [1.29, 1.82) is 0 Å². The lowest BCUT2D eigenvalue weighted by Gasteiger charge is -2.19. The molecule has 3 N–H and O–H groups in total. The molecule has 0 saturated carbocycles. The van der Waals surface area contributed by atoms with Crippen LogP contribution in [0, 0.1) is 6.92 Å². The van der Waals surface area contributed by atoms with E-state index in [2.05, 4.69) is 39.8 Å². The van der Waals surface area contributed by atoms with Crippen LogP contribution in [0.1, 0.15) is 31.0 Å². The lowest BCUT2D eigenvalue weighted by Crippen LogP contribution is -2.39. The monoisotopic (exact) mass is 421 g/mol. The number of aromatic nitrogens is 2. The summed E-state index contributed by atoms with van der Waals surface area (Å²) < 4.78 is 7.50. The Kier molecular flexibility index (Phi) is 8.06. The van der Waals surface area contributed by atoms with Crippen LogP contribution >= 0.6 is 0 Å². The van der Waals surface area contributed by atoms with E-state index in [1.165, 1.54) is 0 Å². The normalized spacial score (nSPS) is 13.5. The van der Waals surface area contributed by atoms with Crippen LogP contribution in [-0.4, -0.2) is 46.6 Å². The summed E-state index contributed by atoms with van der Waals surface area (Å²) in [5.74, 6) is 1.40. The van der Waals surface area contributed by atoms with E-state index in [-0.39, 0.29) is 19.2 Å². The number of aliphatic imine (C=N–C) groups is 1. The first kappa shape index (κ1) is 22.4. The molecule has 1 heterocycles. The van der Waals surface area contributed by atoms with Crippen molar-refractivity contribution < 1.29 is 9.84 Å². The van der Waals surface area contributed by atoms with Crippen LogP contribution in [0.15, 0.2) is 72.0 Å². The predicted octanol–water partition coefficient (Wildman–Crippen LogP) is 3.24. The number of nitrogens with zero attached hydrogens (tertiary/aromatic N) is 3. The van der Waals surface area contributed by atoms with E-state index in [0.717, 1.165) is 29.1 Å². The van der Waals surface area contributed by atoms with Gasteiger partial charge in [0, 0.05) is 18.9 Å². The molecule has 164 valence electrons. The van der Waals surface area contributed by atoms with Gasteiger partial charge in [-0.15, -0.1) is 0 Å². The van der Waals surface area contributed by atoms with Gasteiger partial charge in [0.1, 0.15) is 18.5 Å². The van der Waals surface area contributed by atoms with Crippen LogP contribution in [0.25, 0.3) is 5.69 Å². The van der Waals surface area contributed by atoms with Gasteiger partial charge < -0.3 is 20.5 Å². The Labute approximate surface area is 183 Å². The summed E-state index contributed by atoms with van der Waals surface area (Å²) in [6, 6.07) is 17.9. The zero-order chi connectivity index (χ0) is 22.1. The molecule has 31 heavy (non-hydrogen) atoms. The number of aliphatic hydroxyl groups is 1. The second kappa shape index (κ2) is 11.2. The average Bonchev–Trinajstić information content (AvgIpc) is 3.31. The summed E-state index contributed by atoms with van der Waals surface area (Å²) in [6.45, 7) is 7.24. The summed E-state index contributed by atoms with van der Waals surface area (Å²) in [6.07, 6.45) is 2.98. The molecule has 2 aromatic carbocycles. The molecule has 0 aliphatic carbocycles. The molecule has 0 saturated heterocycles. The summed E-state index contributed by atoms with van der Waals surface area (Å²) >= 11 is 0. The van der Waals surface area contributed by atoms with Crippen molar-refractivity contribution in [2.24, 2.45) is 4.99 Å². The number of nitrogens with one attached hydrogen (secondary N) is 2. The van der Waals surface area contributed by atoms with E-state index in [0.29, 0.717) is 5.96 Å². The maximum atomic E-state index is 10.3. The minimum atomic E-state index is -0.700. The molecule has 0 spiro atoms. The molecule has 0 fully saturated rings. The maximum absolute atomic E-state index is 10.3. The molecule has 0 amide bonds. The number of ether oxygens (including phenoxy) is 1. The SMILES string of the molecule is CCNC(=NCC(O)COc1cccc(C)c1)NC(C)c1cccc(-n2cccn2)c1. The number of rotatable bonds is 9. The number of aryl methyl sites for hydroxylation is 1. The van der Waals surface area contributed by atoms with Crippen molar-refractivity contribution in [3.8, 4) is 11.4 Å². The van der Waals surface area contributed by atoms with Gasteiger partial charge in [-0.2, -0.15) is 5.10 Å². The highest BCUT2D eigenvalue weighted by molar-refractivity contribution is 5.80. The Balaban J connectivity index is 1.58. The van der Waals surface area contributed by atoms with Gasteiger partial charge in [0.05, 0.1) is 18.3 Å². The van der Waals surface area contributed by atoms with Crippen molar-refractivity contribution in [3.63, 3.8) is 0 Å². The summed E-state index contributed by atoms with van der Waals surface area (Å²) in [4.78, 5) is 4.53. The zero-order valence-electron chi connectivity index (χ0n) is 18.3. The van der Waals surface area contributed by atoms with Crippen molar-refractivity contribution in [2.75, 3.05) is 19.7 Å². The standard InChI is InChI=1S/C24H31N5O2/c1-4-25-24(26-16-22(30)17-31-23-11-5-8-18(2)14-23)28-19(3)20-9-6-10-21(15-20)29-13-7-12-27-29/h5-15,19,22,30H,4,16-17H2,1-3H3,(H2,25,26,28). The third-order valence-electron chi connectivity index (χ3n) is 4.73. The Morgan fingerprint density at radius 2 is 2.03 bits per heavy atom. The highest BCUT2D eigenvalue weighted by atomic mass is 16.5. The van der Waals surface area contributed by atoms with Gasteiger partial charge in [-0.05, 0) is 62.2 Å². The second-order valence-electron chi connectivity index (χ2n) is 7.41. The largest absolute Gasteiger partial charge is 0.491 e. The highest BCUT2D eigenvalue weighted by Gasteiger charge is 2.11. The molecule has 0 aliphatic heterocycles. The van der Waals surface area contributed by atoms with E-state index < -0.39 is 6.10 Å². The highest BCUT2D eigenvalue weighted by Crippen LogP contribution is 2.16. The molecule has 0 radical (unpaired) electrons. The van der Waals surface area contributed by atoms with E-state index in [1.54, 1.807) is 6.20 Å². The van der Waals surface area contributed by atoms with Gasteiger partial charge in [0.15, 0.2) is 5.96 Å². The van der Waals surface area contributed by atoms with Gasteiger partial charge in [0.25, 0.3) is 0 Å². The van der Waals surface area contributed by atoms with Gasteiger partial charge in [-0.25, -0.2) is 4.68 Å². The molecule has 7 heteroatoms. The Morgan fingerprint density at radius 1 is 1.19 bits per heavy atom. The molecular weight excluding hydrogens is 390 g/mol. The number of aliphatic hydroxyl groups excluding tert-OH is 1. The average molecular weight is 422 g/mol. The fourth-order valence-electron chi connectivity index (χ4n) is 3.11. The smallest absolute Gasteiger partial charge is 0.191 e. The second-order valence-corrected chi connectivity index (χ2v) is 7.41. The zero-order valence-corrected chi connectivity index (χ0v) is 18.3. The fraction of sp³-hybridized carbons (Fsp3) is 0.333. The van der Waals surface area contributed by atoms with E-state index in [9.17, 15) is 5.11 Å². The fourth-order valence-corrected chi connectivity index (χ4v) is 3.11. The van der Waals surface area contributed by atoms with Crippen molar-refractivity contribution >= 4 is 5.96 Å². The minimum absolute atomic E-state index is 0.0222. The number of hydrogen-bond acceptors (Lipinski definition) is 4. The maximum Gasteiger partial charge on any atom is 0.191 e. The van der Waals surface area contributed by atoms with Crippen LogP contribution in [0.2, 0.25) is 0 Å². The molecular formula is C24H31N5O2. The predicted molar refractivity (Wildman–Crippen MR) is 124 cm³/mol. The van der Waals surface area contributed by atoms with Crippen LogP contribution < -0.4 is 15.4 Å². The van der Waals surface area contributed by atoms with Gasteiger partial charge in [0.2, 0.25) is 0 Å². The summed E-state index contributed by atoms with van der Waals surface area (Å²) in [5, 5.41) is 21.2. The van der Waals surface area contributed by atoms with Crippen LogP contribution in [0.3, 0.4) is 0 Å². The molecule has 0 bridgehead atoms. The molecule has 1 aromatic heterocycles. The van der Waals surface area contributed by atoms with Crippen molar-refractivity contribution in [2.45, 2.75) is 32.9 Å². The minimum Gasteiger partial charge on any atom is -0.491 e. The third kappa shape index (κ3) is 6.86. The van der Waals surface area contributed by atoms with Gasteiger partial charge in [-0.3, -0.25) is 4.99 Å². The lowest BCUT2D eigenvalue weighted by atomic mass is 10.1. The quantitative estimate of drug-likeness (QED) is 0.365. The van der Waals surface area contributed by atoms with Crippen molar-refractivity contribution in [1.82, 2.24) is 20.4 Å². The van der Waals surface area contributed by atoms with E-state index in [1.807, 2.05) is 67.2 Å². The lowest BCUT2D eigenvalue weighted by molar-refractivity contribution is 0.114. The van der Waals surface area contributed by atoms with E-state index in [4.69, 9.17) is 4.74 Å². The molecule has 2 atom stereocenters. The summed E-state index contributed by atoms with van der Waals surface area (Å²) in [7, 11) is 0. The summed E-state index contributed by atoms with van der Waals surface area (Å²) in [5.41, 5.74) is 3.23. The number of hydrogen-bond donors (Lipinski definition) is 3. The Bertz CT molecular complexity index is 972. The number of benzene rings is 2.